The molecule has 7 heteroatoms. The summed E-state index contributed by atoms with van der Waals surface area (Å²) in [5.74, 6) is 1.19. The highest BCUT2D eigenvalue weighted by Gasteiger charge is 2.14. The van der Waals surface area contributed by atoms with Gasteiger partial charge in [-0.1, -0.05) is 13.8 Å². The second kappa shape index (κ2) is 9.43. The number of pyridine rings is 1. The molecule has 2 aromatic carbocycles. The maximum atomic E-state index is 14.1. The van der Waals surface area contributed by atoms with Crippen LogP contribution >= 0.6 is 0 Å². The number of hydrogen-bond donors (Lipinski definition) is 1. The molecule has 154 valence electrons. The largest absolute Gasteiger partial charge is 0.493 e. The second-order valence-corrected chi connectivity index (χ2v) is 6.50. The van der Waals surface area contributed by atoms with Crippen LogP contribution in [0.5, 0.6) is 23.0 Å². The molecular weight excluding hydrogens is 373 g/mol. The first-order valence-corrected chi connectivity index (χ1v) is 9.60. The highest BCUT2D eigenvalue weighted by molar-refractivity contribution is 5.88. The van der Waals surface area contributed by atoms with E-state index in [0.717, 1.165) is 19.6 Å². The zero-order valence-corrected chi connectivity index (χ0v) is 16.9. The minimum absolute atomic E-state index is 0.0882. The van der Waals surface area contributed by atoms with Gasteiger partial charge in [0, 0.05) is 35.9 Å². The first-order valence-electron chi connectivity index (χ1n) is 9.60. The molecule has 29 heavy (non-hydrogen) atoms. The highest BCUT2D eigenvalue weighted by atomic mass is 19.1. The summed E-state index contributed by atoms with van der Waals surface area (Å²) in [5.41, 5.74) is 6.60. The van der Waals surface area contributed by atoms with Crippen LogP contribution in [-0.4, -0.2) is 43.2 Å². The lowest BCUT2D eigenvalue weighted by molar-refractivity contribution is 0.217. The Kier molecular flexibility index (Phi) is 6.72. The lowest BCUT2D eigenvalue weighted by Gasteiger charge is -2.19. The van der Waals surface area contributed by atoms with Crippen LogP contribution in [0.25, 0.3) is 10.9 Å². The summed E-state index contributed by atoms with van der Waals surface area (Å²) in [4.78, 5) is 6.67. The van der Waals surface area contributed by atoms with Crippen molar-refractivity contribution in [2.75, 3.05) is 39.1 Å². The molecule has 0 fully saturated rings. The molecule has 0 aliphatic carbocycles. The topological polar surface area (TPSA) is 69.8 Å². The number of fused-ring (bicyclic) bond motifs is 1. The van der Waals surface area contributed by atoms with E-state index in [4.69, 9.17) is 19.9 Å². The van der Waals surface area contributed by atoms with Gasteiger partial charge in [0.1, 0.15) is 12.4 Å². The van der Waals surface area contributed by atoms with E-state index in [9.17, 15) is 4.39 Å². The van der Waals surface area contributed by atoms with Crippen LogP contribution in [-0.2, 0) is 0 Å². The molecule has 2 N–H and O–H groups in total. The van der Waals surface area contributed by atoms with Crippen molar-refractivity contribution >= 4 is 16.6 Å². The fourth-order valence-electron chi connectivity index (χ4n) is 3.03. The summed E-state index contributed by atoms with van der Waals surface area (Å²) in [6.45, 7) is 7.54. The third-order valence-electron chi connectivity index (χ3n) is 4.72. The van der Waals surface area contributed by atoms with E-state index >= 15 is 0 Å². The first-order chi connectivity index (χ1) is 14.0. The summed E-state index contributed by atoms with van der Waals surface area (Å²) in [6, 6.07) is 9.59. The van der Waals surface area contributed by atoms with Gasteiger partial charge < -0.3 is 24.8 Å². The van der Waals surface area contributed by atoms with Gasteiger partial charge in [-0.25, -0.2) is 4.39 Å². The Balaban J connectivity index is 1.88. The number of aromatic nitrogens is 1. The van der Waals surface area contributed by atoms with Gasteiger partial charge in [-0.15, -0.1) is 0 Å². The molecule has 3 aromatic rings. The van der Waals surface area contributed by atoms with E-state index < -0.39 is 5.82 Å². The molecule has 0 bridgehead atoms. The number of nitrogens with zero attached hydrogens (tertiary/aromatic N) is 2. The van der Waals surface area contributed by atoms with E-state index in [-0.39, 0.29) is 5.75 Å². The van der Waals surface area contributed by atoms with Crippen molar-refractivity contribution in [2.45, 2.75) is 13.8 Å². The average Bonchev–Trinajstić information content (AvgIpc) is 2.72. The van der Waals surface area contributed by atoms with Crippen LogP contribution in [0.1, 0.15) is 13.8 Å². The number of halogens is 1. The predicted octanol–water partition coefficient (Wildman–Crippen LogP) is 4.48. The number of benzene rings is 2. The highest BCUT2D eigenvalue weighted by Crippen LogP contribution is 2.37. The summed E-state index contributed by atoms with van der Waals surface area (Å²) >= 11 is 0. The van der Waals surface area contributed by atoms with Gasteiger partial charge in [-0.05, 0) is 37.4 Å². The lowest BCUT2D eigenvalue weighted by atomic mass is 10.1. The number of methoxy groups -OCH3 is 1. The predicted molar refractivity (Wildman–Crippen MR) is 112 cm³/mol. The van der Waals surface area contributed by atoms with Crippen molar-refractivity contribution in [1.82, 2.24) is 9.88 Å². The van der Waals surface area contributed by atoms with Crippen molar-refractivity contribution in [3.05, 3.63) is 48.4 Å². The van der Waals surface area contributed by atoms with Gasteiger partial charge in [0.15, 0.2) is 23.1 Å². The Labute approximate surface area is 170 Å². The third kappa shape index (κ3) is 4.86. The van der Waals surface area contributed by atoms with Crippen LogP contribution in [0.15, 0.2) is 42.6 Å². The van der Waals surface area contributed by atoms with Crippen LogP contribution in [0.4, 0.5) is 10.1 Å². The van der Waals surface area contributed by atoms with Crippen LogP contribution in [0.3, 0.4) is 0 Å². The maximum absolute atomic E-state index is 14.1. The summed E-state index contributed by atoms with van der Waals surface area (Å²) < 4.78 is 31.4. The summed E-state index contributed by atoms with van der Waals surface area (Å²) in [6.07, 6.45) is 1.61. The molecule has 1 aromatic heterocycles. The Morgan fingerprint density at radius 1 is 1.00 bits per heavy atom. The fourth-order valence-corrected chi connectivity index (χ4v) is 3.03. The minimum atomic E-state index is -0.529. The standard InChI is InChI=1S/C22H26FN3O3/c1-4-26(5-2)10-11-28-22-14-18-16(13-21(22)27-3)19(8-9-25-18)29-20-7-6-15(24)12-17(20)23/h6-9,12-14H,4-5,10-11,24H2,1-3H3. The van der Waals surface area contributed by atoms with Gasteiger partial charge in [0.2, 0.25) is 0 Å². The number of anilines is 1. The van der Waals surface area contributed by atoms with Crippen LogP contribution < -0.4 is 19.9 Å². The number of ether oxygens (including phenoxy) is 3. The molecule has 3 rings (SSSR count). The van der Waals surface area contributed by atoms with Crippen molar-refractivity contribution in [3.8, 4) is 23.0 Å². The number of nitrogen functional groups attached to an aromatic ring is 1. The number of rotatable bonds is 9. The molecule has 0 aliphatic rings. The van der Waals surface area contributed by atoms with E-state index in [1.807, 2.05) is 6.07 Å². The zero-order valence-electron chi connectivity index (χ0n) is 16.9. The molecule has 0 unspecified atom stereocenters. The number of likely N-dealkylation sites (N-methyl/N-ethyl adjacent to an activating group) is 1. The fraction of sp³-hybridized carbons (Fsp3) is 0.318. The lowest BCUT2D eigenvalue weighted by Crippen LogP contribution is -2.27. The molecule has 0 atom stereocenters. The van der Waals surface area contributed by atoms with Crippen molar-refractivity contribution in [2.24, 2.45) is 0 Å². The smallest absolute Gasteiger partial charge is 0.167 e. The molecule has 0 amide bonds. The van der Waals surface area contributed by atoms with Gasteiger partial charge in [-0.3, -0.25) is 4.98 Å². The van der Waals surface area contributed by atoms with Gasteiger partial charge >= 0.3 is 0 Å². The van der Waals surface area contributed by atoms with Crippen molar-refractivity contribution in [3.63, 3.8) is 0 Å². The van der Waals surface area contributed by atoms with Gasteiger partial charge in [0.05, 0.1) is 12.6 Å². The number of nitrogens with two attached hydrogens (primary N) is 1. The summed E-state index contributed by atoms with van der Waals surface area (Å²) in [5, 5.41) is 0.691. The Bertz CT molecular complexity index is 977. The average molecular weight is 399 g/mol. The van der Waals surface area contributed by atoms with Crippen molar-refractivity contribution in [1.29, 1.82) is 0 Å². The quantitative estimate of drug-likeness (QED) is 0.535. The van der Waals surface area contributed by atoms with Crippen LogP contribution in [0.2, 0.25) is 0 Å². The Hall–Kier alpha value is -3.06. The zero-order chi connectivity index (χ0) is 20.8. The molecule has 1 heterocycles. The monoisotopic (exact) mass is 399 g/mol. The van der Waals surface area contributed by atoms with Gasteiger partial charge in [-0.2, -0.15) is 0 Å². The second-order valence-electron chi connectivity index (χ2n) is 6.50. The van der Waals surface area contributed by atoms with Crippen LogP contribution in [0, 0.1) is 5.82 Å². The van der Waals surface area contributed by atoms with E-state index in [2.05, 4.69) is 23.7 Å². The molecule has 0 saturated carbocycles. The Morgan fingerprint density at radius 3 is 2.48 bits per heavy atom. The molecule has 0 spiro atoms. The van der Waals surface area contributed by atoms with E-state index in [1.165, 1.54) is 12.1 Å². The molecule has 6 nitrogen and oxygen atoms in total. The minimum Gasteiger partial charge on any atom is -0.493 e. The maximum Gasteiger partial charge on any atom is 0.167 e. The number of hydrogen-bond acceptors (Lipinski definition) is 6. The normalized spacial score (nSPS) is 11.1. The summed E-state index contributed by atoms with van der Waals surface area (Å²) in [7, 11) is 1.58. The molecule has 0 radical (unpaired) electrons. The third-order valence-corrected chi connectivity index (χ3v) is 4.72. The molecular formula is C22H26FN3O3. The Morgan fingerprint density at radius 2 is 1.79 bits per heavy atom. The molecule has 0 aliphatic heterocycles. The SMILES string of the molecule is CCN(CC)CCOc1cc2nccc(Oc3ccc(N)cc3F)c2cc1OC. The first kappa shape index (κ1) is 20.7. The molecule has 0 saturated heterocycles. The van der Waals surface area contributed by atoms with E-state index in [0.29, 0.717) is 40.4 Å². The van der Waals surface area contributed by atoms with Gasteiger partial charge in [0.25, 0.3) is 0 Å². The van der Waals surface area contributed by atoms with Crippen molar-refractivity contribution < 1.29 is 18.6 Å². The van der Waals surface area contributed by atoms with E-state index in [1.54, 1.807) is 31.5 Å².